The molecule has 0 radical (unpaired) electrons. The molecule has 0 aliphatic carbocycles. The van der Waals surface area contributed by atoms with Crippen LogP contribution in [0.2, 0.25) is 0 Å². The molecule has 1 fully saturated rings. The first-order valence-electron chi connectivity index (χ1n) is 10.1. The van der Waals surface area contributed by atoms with Gasteiger partial charge in [0.15, 0.2) is 11.5 Å². The Labute approximate surface area is 184 Å². The van der Waals surface area contributed by atoms with Crippen molar-refractivity contribution in [1.82, 2.24) is 9.78 Å². The second-order valence-corrected chi connectivity index (χ2v) is 9.43. The third kappa shape index (κ3) is 4.01. The minimum atomic E-state index is -0.449. The molecule has 1 aromatic heterocycles. The number of rotatable bonds is 4. The second kappa shape index (κ2) is 8.16. The monoisotopic (exact) mass is 449 g/mol. The van der Waals surface area contributed by atoms with Gasteiger partial charge >= 0.3 is 0 Å². The number of phenols is 1. The first-order chi connectivity index (χ1) is 14.7. The highest BCUT2D eigenvalue weighted by molar-refractivity contribution is 8.00. The van der Waals surface area contributed by atoms with Gasteiger partial charge in [-0.15, -0.1) is 11.8 Å². The molecule has 1 saturated heterocycles. The molecule has 0 bridgehead atoms. The molecule has 2 aliphatic rings. The van der Waals surface area contributed by atoms with Gasteiger partial charge in [0, 0.05) is 6.61 Å². The van der Waals surface area contributed by atoms with Crippen molar-refractivity contribution in [3.63, 3.8) is 0 Å². The molecule has 9 nitrogen and oxygen atoms in total. The summed E-state index contributed by atoms with van der Waals surface area (Å²) in [6, 6.07) is 3.33. The van der Waals surface area contributed by atoms with Crippen LogP contribution < -0.4 is 20.3 Å². The Morgan fingerprint density at radius 1 is 1.23 bits per heavy atom. The molecule has 1 aromatic carbocycles. The highest BCUT2D eigenvalue weighted by atomic mass is 32.2. The molecular weight excluding hydrogens is 422 g/mol. The predicted molar refractivity (Wildman–Crippen MR) is 117 cm³/mol. The van der Waals surface area contributed by atoms with Crippen LogP contribution >= 0.6 is 11.8 Å². The molecule has 31 heavy (non-hydrogen) atoms. The van der Waals surface area contributed by atoms with Gasteiger partial charge in [0.1, 0.15) is 5.82 Å². The van der Waals surface area contributed by atoms with E-state index in [2.05, 4.69) is 10.4 Å². The van der Waals surface area contributed by atoms with Crippen LogP contribution in [-0.2, 0) is 9.53 Å². The fourth-order valence-corrected chi connectivity index (χ4v) is 5.37. The van der Waals surface area contributed by atoms with Gasteiger partial charge in [-0.2, -0.15) is 0 Å². The minimum Gasteiger partial charge on any atom is -0.502 e. The maximum absolute atomic E-state index is 13.1. The number of H-pyrrole nitrogens is 1. The number of benzene rings is 1. The zero-order valence-corrected chi connectivity index (χ0v) is 18.8. The molecular formula is C21H27N3O6S. The average molecular weight is 450 g/mol. The summed E-state index contributed by atoms with van der Waals surface area (Å²) in [5, 5.41) is 15.7. The summed E-state index contributed by atoms with van der Waals surface area (Å²) >= 11 is 1.34. The summed E-state index contributed by atoms with van der Waals surface area (Å²) in [5.74, 6) is 0.856. The number of nitrogens with one attached hydrogen (secondary N) is 2. The summed E-state index contributed by atoms with van der Waals surface area (Å²) in [4.78, 5) is 25.6. The summed E-state index contributed by atoms with van der Waals surface area (Å²) in [7, 11) is 2.90. The summed E-state index contributed by atoms with van der Waals surface area (Å²) in [6.07, 6.45) is 1.44. The number of carbonyl (C=O) groups is 1. The number of methoxy groups -OCH3 is 2. The van der Waals surface area contributed by atoms with Crippen molar-refractivity contribution in [1.29, 1.82) is 0 Å². The molecule has 10 heteroatoms. The van der Waals surface area contributed by atoms with E-state index in [9.17, 15) is 14.7 Å². The Hall–Kier alpha value is -2.59. The number of ether oxygens (including phenoxy) is 3. The maximum Gasteiger partial charge on any atom is 0.270 e. The standard InChI is InChI=1S/C21H27N3O6S/c1-21(2)9-12(5-6-30-21)24-19-16(20(27)23-24)18(31-10-15(25)22-19)11-7-13(28-3)17(26)14(8-11)29-4/h7-8,12,18,26H,5-6,9-10H2,1-4H3,(H,22,25)(H,23,27)/t12-,18+/m1/s1. The highest BCUT2D eigenvalue weighted by Gasteiger charge is 2.36. The van der Waals surface area contributed by atoms with E-state index in [0.717, 1.165) is 6.42 Å². The minimum absolute atomic E-state index is 0.00635. The van der Waals surface area contributed by atoms with E-state index in [0.29, 0.717) is 30.0 Å². The lowest BCUT2D eigenvalue weighted by atomic mass is 9.94. The number of phenolic OH excluding ortho intramolecular Hbond substituents is 1. The summed E-state index contributed by atoms with van der Waals surface area (Å²) in [5.41, 5.74) is 0.585. The van der Waals surface area contributed by atoms with Crippen LogP contribution in [-0.4, -0.2) is 53.0 Å². The van der Waals surface area contributed by atoms with Crippen molar-refractivity contribution in [3.05, 3.63) is 33.6 Å². The van der Waals surface area contributed by atoms with Crippen molar-refractivity contribution in [2.45, 2.75) is 43.6 Å². The first-order valence-corrected chi connectivity index (χ1v) is 11.1. The molecule has 0 spiro atoms. The van der Waals surface area contributed by atoms with Crippen LogP contribution in [0, 0.1) is 0 Å². The van der Waals surface area contributed by atoms with E-state index in [1.165, 1.54) is 26.0 Å². The lowest BCUT2D eigenvalue weighted by molar-refractivity contribution is -0.113. The average Bonchev–Trinajstić information content (AvgIpc) is 2.93. The van der Waals surface area contributed by atoms with Crippen LogP contribution in [0.15, 0.2) is 16.9 Å². The Bertz CT molecular complexity index is 1030. The Morgan fingerprint density at radius 2 is 1.90 bits per heavy atom. The molecule has 3 N–H and O–H groups in total. The number of amides is 1. The number of nitrogens with zero attached hydrogens (tertiary/aromatic N) is 1. The van der Waals surface area contributed by atoms with Gasteiger partial charge in [0.25, 0.3) is 5.56 Å². The molecule has 4 rings (SSSR count). The van der Waals surface area contributed by atoms with Gasteiger partial charge in [-0.3, -0.25) is 19.4 Å². The smallest absolute Gasteiger partial charge is 0.270 e. The Morgan fingerprint density at radius 3 is 2.52 bits per heavy atom. The molecule has 168 valence electrons. The van der Waals surface area contributed by atoms with E-state index in [-0.39, 0.29) is 46.1 Å². The number of aromatic hydroxyl groups is 1. The van der Waals surface area contributed by atoms with Gasteiger partial charge in [-0.1, -0.05) is 0 Å². The van der Waals surface area contributed by atoms with E-state index >= 15 is 0 Å². The number of aromatic amines is 1. The quantitative estimate of drug-likeness (QED) is 0.657. The Balaban J connectivity index is 1.84. The van der Waals surface area contributed by atoms with Crippen molar-refractivity contribution in [2.24, 2.45) is 0 Å². The van der Waals surface area contributed by atoms with Gasteiger partial charge in [-0.25, -0.2) is 0 Å². The molecule has 1 amide bonds. The largest absolute Gasteiger partial charge is 0.502 e. The Kier molecular flexibility index (Phi) is 5.69. The maximum atomic E-state index is 13.1. The lowest BCUT2D eigenvalue weighted by Crippen LogP contribution is -2.36. The van der Waals surface area contributed by atoms with Crippen molar-refractivity contribution >= 4 is 23.5 Å². The molecule has 0 unspecified atom stereocenters. The number of anilines is 1. The topological polar surface area (TPSA) is 115 Å². The van der Waals surface area contributed by atoms with Crippen molar-refractivity contribution in [3.8, 4) is 17.2 Å². The van der Waals surface area contributed by atoms with Crippen LogP contribution in [0.1, 0.15) is 49.1 Å². The van der Waals surface area contributed by atoms with Gasteiger partial charge in [-0.05, 0) is 44.4 Å². The van der Waals surface area contributed by atoms with Crippen LogP contribution in [0.25, 0.3) is 0 Å². The van der Waals surface area contributed by atoms with Crippen molar-refractivity contribution < 1.29 is 24.1 Å². The zero-order valence-electron chi connectivity index (χ0n) is 18.0. The van der Waals surface area contributed by atoms with Crippen LogP contribution in [0.5, 0.6) is 17.2 Å². The number of fused-ring (bicyclic) bond motifs is 1. The van der Waals surface area contributed by atoms with Crippen molar-refractivity contribution in [2.75, 3.05) is 31.9 Å². The highest BCUT2D eigenvalue weighted by Crippen LogP contribution is 2.46. The normalized spacial score (nSPS) is 22.9. The fourth-order valence-electron chi connectivity index (χ4n) is 4.27. The van der Waals surface area contributed by atoms with Crippen LogP contribution in [0.3, 0.4) is 0 Å². The summed E-state index contributed by atoms with van der Waals surface area (Å²) in [6.45, 7) is 4.61. The van der Waals surface area contributed by atoms with E-state index in [1.54, 1.807) is 16.8 Å². The summed E-state index contributed by atoms with van der Waals surface area (Å²) < 4.78 is 18.2. The number of carbonyl (C=O) groups excluding carboxylic acids is 1. The number of hydrogen-bond donors (Lipinski definition) is 3. The van der Waals surface area contributed by atoms with E-state index in [1.807, 2.05) is 13.8 Å². The molecule has 3 heterocycles. The number of hydrogen-bond acceptors (Lipinski definition) is 7. The number of aromatic nitrogens is 2. The predicted octanol–water partition coefficient (Wildman–Crippen LogP) is 2.80. The van der Waals surface area contributed by atoms with E-state index in [4.69, 9.17) is 14.2 Å². The van der Waals surface area contributed by atoms with Gasteiger partial charge < -0.3 is 24.6 Å². The number of thioether (sulfide) groups is 1. The van der Waals surface area contributed by atoms with Gasteiger partial charge in [0.05, 0.1) is 42.4 Å². The van der Waals surface area contributed by atoms with E-state index < -0.39 is 5.25 Å². The lowest BCUT2D eigenvalue weighted by Gasteiger charge is -2.36. The fraction of sp³-hybridized carbons (Fsp3) is 0.524. The second-order valence-electron chi connectivity index (χ2n) is 8.34. The van der Waals surface area contributed by atoms with Gasteiger partial charge in [0.2, 0.25) is 11.7 Å². The third-order valence-electron chi connectivity index (χ3n) is 5.70. The molecule has 2 aliphatic heterocycles. The zero-order chi connectivity index (χ0) is 22.3. The molecule has 2 aromatic rings. The van der Waals surface area contributed by atoms with Crippen LogP contribution in [0.4, 0.5) is 5.82 Å². The SMILES string of the molecule is COc1cc([C@@H]2SCC(=O)Nc3c2c(=O)[nH]n3[C@@H]2CCOC(C)(C)C2)cc(OC)c1O. The molecule has 0 saturated carbocycles. The third-order valence-corrected chi connectivity index (χ3v) is 6.97. The first kappa shape index (κ1) is 21.6. The molecule has 2 atom stereocenters.